The zero-order valence-electron chi connectivity index (χ0n) is 11.1. The first-order chi connectivity index (χ1) is 9.58. The maximum absolute atomic E-state index is 12.3. The van der Waals surface area contributed by atoms with Crippen molar-refractivity contribution in [3.8, 4) is 0 Å². The average molecular weight is 295 g/mol. The van der Waals surface area contributed by atoms with Crippen LogP contribution in [0, 0.1) is 0 Å². The van der Waals surface area contributed by atoms with Gasteiger partial charge in [0.2, 0.25) is 0 Å². The molecule has 1 saturated heterocycles. The van der Waals surface area contributed by atoms with E-state index in [9.17, 15) is 9.59 Å². The van der Waals surface area contributed by atoms with Crippen LogP contribution in [0.5, 0.6) is 0 Å². The molecule has 3 rings (SSSR count). The van der Waals surface area contributed by atoms with Crippen molar-refractivity contribution in [3.63, 3.8) is 0 Å². The average Bonchev–Trinajstić information content (AvgIpc) is 3.02. The van der Waals surface area contributed by atoms with E-state index in [2.05, 4.69) is 0 Å². The predicted molar refractivity (Wildman–Crippen MR) is 75.3 cm³/mol. The second kappa shape index (κ2) is 5.06. The maximum Gasteiger partial charge on any atom is 0.252 e. The van der Waals surface area contributed by atoms with E-state index in [0.29, 0.717) is 36.7 Å². The Morgan fingerprint density at radius 2 is 2.20 bits per heavy atom. The molecule has 0 spiro atoms. The van der Waals surface area contributed by atoms with Gasteiger partial charge in [-0.25, -0.2) is 0 Å². The summed E-state index contributed by atoms with van der Waals surface area (Å²) in [5.41, 5.74) is 12.6. The number of carbonyl (C=O) groups is 2. The molecule has 0 bridgehead atoms. The Labute approximate surface area is 120 Å². The van der Waals surface area contributed by atoms with E-state index in [1.807, 2.05) is 0 Å². The third-order valence-electron chi connectivity index (χ3n) is 3.85. The van der Waals surface area contributed by atoms with Crippen LogP contribution < -0.4 is 11.5 Å². The number of ether oxygens (including phenoxy) is 1. The monoisotopic (exact) mass is 295 g/mol. The highest BCUT2D eigenvalue weighted by Gasteiger charge is 2.32. The number of thiophene rings is 1. The molecule has 108 valence electrons. The van der Waals surface area contributed by atoms with Crippen molar-refractivity contribution < 1.29 is 14.3 Å². The summed E-state index contributed by atoms with van der Waals surface area (Å²) in [6, 6.07) is 0. The number of nitrogens with zero attached hydrogens (tertiary/aromatic N) is 1. The normalized spacial score (nSPS) is 21.8. The summed E-state index contributed by atoms with van der Waals surface area (Å²) in [6.45, 7) is 1.74. The first kappa shape index (κ1) is 13.4. The van der Waals surface area contributed by atoms with Crippen LogP contribution in [0.4, 0.5) is 5.00 Å². The van der Waals surface area contributed by atoms with Gasteiger partial charge in [0, 0.05) is 18.0 Å². The van der Waals surface area contributed by atoms with E-state index < -0.39 is 5.91 Å². The fourth-order valence-corrected chi connectivity index (χ4v) is 4.00. The van der Waals surface area contributed by atoms with Crippen LogP contribution in [0.15, 0.2) is 0 Å². The summed E-state index contributed by atoms with van der Waals surface area (Å²) in [5.74, 6) is -0.445. The van der Waals surface area contributed by atoms with Crippen LogP contribution in [0.2, 0.25) is 0 Å². The smallest absolute Gasteiger partial charge is 0.252 e. The minimum atomic E-state index is -0.487. The third kappa shape index (κ3) is 2.16. The van der Waals surface area contributed by atoms with E-state index in [1.165, 1.54) is 11.3 Å². The van der Waals surface area contributed by atoms with Crippen LogP contribution in [-0.2, 0) is 22.5 Å². The number of hydrogen-bond donors (Lipinski definition) is 2. The number of carbonyl (C=O) groups excluding carboxylic acids is 2. The van der Waals surface area contributed by atoms with E-state index in [-0.39, 0.29) is 12.0 Å². The number of anilines is 1. The van der Waals surface area contributed by atoms with Crippen LogP contribution in [-0.4, -0.2) is 36.0 Å². The molecule has 3 heterocycles. The van der Waals surface area contributed by atoms with E-state index in [4.69, 9.17) is 16.2 Å². The number of nitrogens with two attached hydrogens (primary N) is 2. The molecule has 1 aromatic heterocycles. The Balaban J connectivity index is 1.80. The first-order valence-corrected chi connectivity index (χ1v) is 7.49. The molecule has 1 fully saturated rings. The number of fused-ring (bicyclic) bond motifs is 1. The molecule has 4 N–H and O–H groups in total. The molecular weight excluding hydrogens is 278 g/mol. The lowest BCUT2D eigenvalue weighted by molar-refractivity contribution is -0.141. The van der Waals surface area contributed by atoms with E-state index in [1.54, 1.807) is 4.90 Å². The molecule has 1 unspecified atom stereocenters. The molecule has 0 aromatic carbocycles. The van der Waals surface area contributed by atoms with Gasteiger partial charge in [-0.2, -0.15) is 0 Å². The fraction of sp³-hybridized carbons (Fsp3) is 0.538. The second-order valence-corrected chi connectivity index (χ2v) is 6.26. The highest BCUT2D eigenvalue weighted by Crippen LogP contribution is 2.35. The molecule has 1 aromatic rings. The Hall–Kier alpha value is -1.60. The van der Waals surface area contributed by atoms with Gasteiger partial charge in [-0.05, 0) is 24.8 Å². The fourth-order valence-electron chi connectivity index (χ4n) is 2.86. The molecule has 0 aliphatic carbocycles. The van der Waals surface area contributed by atoms with Gasteiger partial charge in [-0.1, -0.05) is 0 Å². The number of amides is 2. The van der Waals surface area contributed by atoms with Crippen molar-refractivity contribution >= 4 is 28.2 Å². The van der Waals surface area contributed by atoms with E-state index in [0.717, 1.165) is 23.3 Å². The molecule has 1 atom stereocenters. The van der Waals surface area contributed by atoms with Gasteiger partial charge in [-0.15, -0.1) is 11.3 Å². The van der Waals surface area contributed by atoms with Crippen molar-refractivity contribution in [1.82, 2.24) is 4.90 Å². The number of hydrogen-bond acceptors (Lipinski definition) is 5. The highest BCUT2D eigenvalue weighted by atomic mass is 32.1. The molecule has 7 heteroatoms. The predicted octanol–water partition coefficient (Wildman–Crippen LogP) is 0.493. The van der Waals surface area contributed by atoms with Crippen LogP contribution in [0.3, 0.4) is 0 Å². The molecule has 6 nitrogen and oxygen atoms in total. The van der Waals surface area contributed by atoms with E-state index >= 15 is 0 Å². The molecule has 2 aliphatic rings. The van der Waals surface area contributed by atoms with Gasteiger partial charge in [0.05, 0.1) is 17.1 Å². The van der Waals surface area contributed by atoms with Crippen LogP contribution in [0.25, 0.3) is 0 Å². The SMILES string of the molecule is NC(=O)c1c(N)sc2c1CCN(C(=O)C1CCCO1)C2. The second-order valence-electron chi connectivity index (χ2n) is 5.12. The maximum atomic E-state index is 12.3. The van der Waals surface area contributed by atoms with Crippen molar-refractivity contribution in [1.29, 1.82) is 0 Å². The minimum absolute atomic E-state index is 0.0424. The molecule has 0 radical (unpaired) electrons. The van der Waals surface area contributed by atoms with Crippen molar-refractivity contribution in [2.75, 3.05) is 18.9 Å². The first-order valence-electron chi connectivity index (χ1n) is 6.68. The lowest BCUT2D eigenvalue weighted by Crippen LogP contribution is -2.41. The van der Waals surface area contributed by atoms with Gasteiger partial charge < -0.3 is 21.1 Å². The van der Waals surface area contributed by atoms with Crippen LogP contribution >= 0.6 is 11.3 Å². The zero-order chi connectivity index (χ0) is 14.3. The molecular formula is C13H17N3O3S. The number of nitrogen functional groups attached to an aromatic ring is 1. The number of rotatable bonds is 2. The molecule has 20 heavy (non-hydrogen) atoms. The lowest BCUT2D eigenvalue weighted by Gasteiger charge is -2.29. The Morgan fingerprint density at radius 1 is 1.40 bits per heavy atom. The summed E-state index contributed by atoms with van der Waals surface area (Å²) >= 11 is 1.35. The van der Waals surface area contributed by atoms with Gasteiger partial charge in [0.25, 0.3) is 11.8 Å². The van der Waals surface area contributed by atoms with Gasteiger partial charge in [0.15, 0.2) is 0 Å². The highest BCUT2D eigenvalue weighted by molar-refractivity contribution is 7.16. The van der Waals surface area contributed by atoms with Gasteiger partial charge in [-0.3, -0.25) is 9.59 Å². The quantitative estimate of drug-likeness (QED) is 0.829. The molecule has 2 amide bonds. The number of primary amides is 1. The van der Waals surface area contributed by atoms with Crippen molar-refractivity contribution in [3.05, 3.63) is 16.0 Å². The standard InChI is InChI=1S/C13H17N3O3S/c14-11(17)10-7-3-4-16(6-9(7)20-12(10)15)13(18)8-2-1-5-19-8/h8H,1-6,15H2,(H2,14,17). The minimum Gasteiger partial charge on any atom is -0.390 e. The molecule has 0 saturated carbocycles. The third-order valence-corrected chi connectivity index (χ3v) is 4.89. The van der Waals surface area contributed by atoms with Gasteiger partial charge >= 0.3 is 0 Å². The summed E-state index contributed by atoms with van der Waals surface area (Å²) < 4.78 is 5.44. The summed E-state index contributed by atoms with van der Waals surface area (Å²) in [6.07, 6.45) is 2.05. The Kier molecular flexibility index (Phi) is 3.39. The summed E-state index contributed by atoms with van der Waals surface area (Å²) in [5, 5.41) is 0.453. The Morgan fingerprint density at radius 3 is 2.85 bits per heavy atom. The van der Waals surface area contributed by atoms with Crippen LogP contribution in [0.1, 0.15) is 33.6 Å². The topological polar surface area (TPSA) is 98.6 Å². The molecule has 2 aliphatic heterocycles. The van der Waals surface area contributed by atoms with Crippen molar-refractivity contribution in [2.24, 2.45) is 5.73 Å². The van der Waals surface area contributed by atoms with Gasteiger partial charge in [0.1, 0.15) is 6.10 Å². The Bertz CT molecular complexity index is 563. The largest absolute Gasteiger partial charge is 0.390 e. The van der Waals surface area contributed by atoms with Crippen molar-refractivity contribution in [2.45, 2.75) is 31.9 Å². The summed E-state index contributed by atoms with van der Waals surface area (Å²) in [4.78, 5) is 26.5. The summed E-state index contributed by atoms with van der Waals surface area (Å²) in [7, 11) is 0. The zero-order valence-corrected chi connectivity index (χ0v) is 11.9. The lowest BCUT2D eigenvalue weighted by atomic mass is 10.0.